The van der Waals surface area contributed by atoms with E-state index in [4.69, 9.17) is 0 Å². The Balaban J connectivity index is 1.75. The molecule has 1 aliphatic rings. The molecule has 1 saturated heterocycles. The lowest BCUT2D eigenvalue weighted by Gasteiger charge is -2.31. The van der Waals surface area contributed by atoms with Gasteiger partial charge in [0.15, 0.2) is 0 Å². The van der Waals surface area contributed by atoms with Crippen molar-refractivity contribution < 1.29 is 18.1 Å². The van der Waals surface area contributed by atoms with Gasteiger partial charge in [-0.2, -0.15) is 4.31 Å². The molecule has 8 nitrogen and oxygen atoms in total. The number of rotatable bonds is 5. The summed E-state index contributed by atoms with van der Waals surface area (Å²) in [5.74, 6) is -0.878. The van der Waals surface area contributed by atoms with Gasteiger partial charge in [-0.05, 0) is 50.1 Å². The Labute approximate surface area is 177 Å². The van der Waals surface area contributed by atoms with Gasteiger partial charge in [-0.1, -0.05) is 22.0 Å². The maximum absolute atomic E-state index is 12.9. The number of sulfonamides is 1. The van der Waals surface area contributed by atoms with E-state index in [0.29, 0.717) is 30.6 Å². The number of piperidine rings is 1. The number of halogens is 1. The van der Waals surface area contributed by atoms with Crippen LogP contribution in [0.3, 0.4) is 0 Å². The summed E-state index contributed by atoms with van der Waals surface area (Å²) in [7, 11) is -3.70. The van der Waals surface area contributed by atoms with Crippen LogP contribution >= 0.6 is 15.9 Å². The standard InChI is InChI=1S/C19H20BrN3O5S/c1-13-17(5-2-6-18(13)23(25)26)21-19(24)14-4-3-11-22(12-14)29(27,28)16-9-7-15(20)8-10-16/h2,5-10,14H,3-4,11-12H2,1H3,(H,21,24). The third-order valence-corrected chi connectivity index (χ3v) is 7.37. The average molecular weight is 482 g/mol. The Morgan fingerprint density at radius 1 is 1.24 bits per heavy atom. The highest BCUT2D eigenvalue weighted by Gasteiger charge is 2.33. The summed E-state index contributed by atoms with van der Waals surface area (Å²) in [5, 5.41) is 13.8. The molecule has 1 amide bonds. The lowest BCUT2D eigenvalue weighted by Crippen LogP contribution is -2.43. The molecule has 0 saturated carbocycles. The van der Waals surface area contributed by atoms with Crippen molar-refractivity contribution in [2.24, 2.45) is 5.92 Å². The summed E-state index contributed by atoms with van der Waals surface area (Å²) >= 11 is 3.28. The Kier molecular flexibility index (Phi) is 6.35. The highest BCUT2D eigenvalue weighted by Crippen LogP contribution is 2.28. The summed E-state index contributed by atoms with van der Waals surface area (Å²) in [6, 6.07) is 10.8. The lowest BCUT2D eigenvalue weighted by molar-refractivity contribution is -0.385. The monoisotopic (exact) mass is 481 g/mol. The van der Waals surface area contributed by atoms with Crippen molar-refractivity contribution in [3.63, 3.8) is 0 Å². The zero-order valence-corrected chi connectivity index (χ0v) is 18.1. The number of nitro groups is 1. The molecule has 1 fully saturated rings. The summed E-state index contributed by atoms with van der Waals surface area (Å²) in [5.41, 5.74) is 0.643. The fourth-order valence-corrected chi connectivity index (χ4v) is 5.11. The van der Waals surface area contributed by atoms with E-state index < -0.39 is 20.9 Å². The van der Waals surface area contributed by atoms with Gasteiger partial charge in [0.05, 0.1) is 27.0 Å². The van der Waals surface area contributed by atoms with Crippen LogP contribution in [0.15, 0.2) is 51.8 Å². The van der Waals surface area contributed by atoms with Crippen LogP contribution in [0.25, 0.3) is 0 Å². The number of nitrogens with zero attached hydrogens (tertiary/aromatic N) is 2. The highest BCUT2D eigenvalue weighted by molar-refractivity contribution is 9.10. The molecule has 0 radical (unpaired) electrons. The molecule has 29 heavy (non-hydrogen) atoms. The van der Waals surface area contributed by atoms with Crippen LogP contribution in [-0.2, 0) is 14.8 Å². The molecule has 1 atom stereocenters. The van der Waals surface area contributed by atoms with Crippen molar-refractivity contribution in [2.75, 3.05) is 18.4 Å². The minimum Gasteiger partial charge on any atom is -0.325 e. The van der Waals surface area contributed by atoms with E-state index in [1.54, 1.807) is 25.1 Å². The van der Waals surface area contributed by atoms with Crippen LogP contribution in [0.5, 0.6) is 0 Å². The van der Waals surface area contributed by atoms with Gasteiger partial charge in [0.25, 0.3) is 5.69 Å². The molecule has 2 aromatic carbocycles. The molecule has 1 unspecified atom stereocenters. The second-order valence-electron chi connectivity index (χ2n) is 6.85. The van der Waals surface area contributed by atoms with Crippen LogP contribution in [-0.4, -0.2) is 36.6 Å². The molecule has 1 aliphatic heterocycles. The van der Waals surface area contributed by atoms with Gasteiger partial charge in [-0.3, -0.25) is 14.9 Å². The van der Waals surface area contributed by atoms with Gasteiger partial charge in [0.2, 0.25) is 15.9 Å². The molecular weight excluding hydrogens is 462 g/mol. The van der Waals surface area contributed by atoms with Crippen LogP contribution < -0.4 is 5.32 Å². The predicted octanol–water partition coefficient (Wildman–Crippen LogP) is 3.71. The summed E-state index contributed by atoms with van der Waals surface area (Å²) in [4.78, 5) is 23.5. The number of hydrogen-bond donors (Lipinski definition) is 1. The topological polar surface area (TPSA) is 110 Å². The van der Waals surface area contributed by atoms with Crippen molar-refractivity contribution in [2.45, 2.75) is 24.7 Å². The molecule has 0 aliphatic carbocycles. The number of amides is 1. The lowest BCUT2D eigenvalue weighted by atomic mass is 9.98. The van der Waals surface area contributed by atoms with Crippen LogP contribution in [0.2, 0.25) is 0 Å². The van der Waals surface area contributed by atoms with Gasteiger partial charge in [-0.15, -0.1) is 0 Å². The quantitative estimate of drug-likeness (QED) is 0.516. The molecule has 0 bridgehead atoms. The van der Waals surface area contributed by atoms with Crippen LogP contribution in [0.4, 0.5) is 11.4 Å². The van der Waals surface area contributed by atoms with E-state index in [-0.39, 0.29) is 23.0 Å². The predicted molar refractivity (Wildman–Crippen MR) is 112 cm³/mol. The summed E-state index contributed by atoms with van der Waals surface area (Å²) < 4.78 is 27.9. The smallest absolute Gasteiger partial charge is 0.274 e. The number of benzene rings is 2. The third kappa shape index (κ3) is 4.65. The summed E-state index contributed by atoms with van der Waals surface area (Å²) in [6.45, 7) is 1.98. The first-order valence-electron chi connectivity index (χ1n) is 9.00. The number of carbonyl (C=O) groups excluding carboxylic acids is 1. The van der Waals surface area contributed by atoms with E-state index in [9.17, 15) is 23.3 Å². The summed E-state index contributed by atoms with van der Waals surface area (Å²) in [6.07, 6.45) is 1.11. The first-order valence-corrected chi connectivity index (χ1v) is 11.2. The number of nitrogens with one attached hydrogen (secondary N) is 1. The normalized spacial score (nSPS) is 17.7. The molecule has 0 aromatic heterocycles. The number of nitro benzene ring substituents is 1. The molecule has 3 rings (SSSR count). The van der Waals surface area contributed by atoms with Crippen molar-refractivity contribution in [1.82, 2.24) is 4.31 Å². The van der Waals surface area contributed by atoms with Crippen LogP contribution in [0.1, 0.15) is 18.4 Å². The number of hydrogen-bond acceptors (Lipinski definition) is 5. The van der Waals surface area contributed by atoms with Crippen molar-refractivity contribution in [3.05, 3.63) is 62.6 Å². The Hall–Kier alpha value is -2.30. The van der Waals surface area contributed by atoms with Gasteiger partial charge in [-0.25, -0.2) is 8.42 Å². The second-order valence-corrected chi connectivity index (χ2v) is 9.71. The zero-order chi connectivity index (χ0) is 21.2. The van der Waals surface area contributed by atoms with Crippen LogP contribution in [0, 0.1) is 23.0 Å². The molecule has 0 spiro atoms. The first-order chi connectivity index (χ1) is 13.7. The van der Waals surface area contributed by atoms with Crippen molar-refractivity contribution in [1.29, 1.82) is 0 Å². The molecular formula is C19H20BrN3O5S. The average Bonchev–Trinajstić information content (AvgIpc) is 2.69. The van der Waals surface area contributed by atoms with Gasteiger partial charge >= 0.3 is 0 Å². The Bertz CT molecular complexity index is 1040. The Morgan fingerprint density at radius 2 is 1.93 bits per heavy atom. The SMILES string of the molecule is Cc1c(NC(=O)C2CCCN(S(=O)(=O)c3ccc(Br)cc3)C2)cccc1[N+](=O)[O-]. The fourth-order valence-electron chi connectivity index (χ4n) is 3.32. The van der Waals surface area contributed by atoms with E-state index >= 15 is 0 Å². The molecule has 10 heteroatoms. The highest BCUT2D eigenvalue weighted by atomic mass is 79.9. The van der Waals surface area contributed by atoms with Gasteiger partial charge in [0.1, 0.15) is 0 Å². The van der Waals surface area contributed by atoms with Gasteiger partial charge < -0.3 is 5.32 Å². The number of anilines is 1. The van der Waals surface area contributed by atoms with Crippen molar-refractivity contribution >= 4 is 43.2 Å². The van der Waals surface area contributed by atoms with E-state index in [2.05, 4.69) is 21.2 Å². The second kappa shape index (κ2) is 8.60. The first kappa shape index (κ1) is 21.4. The fraction of sp³-hybridized carbons (Fsp3) is 0.316. The minimum absolute atomic E-state index is 0.0677. The minimum atomic E-state index is -3.70. The largest absolute Gasteiger partial charge is 0.325 e. The van der Waals surface area contributed by atoms with Gasteiger partial charge in [0, 0.05) is 23.6 Å². The van der Waals surface area contributed by atoms with E-state index in [1.807, 2.05) is 0 Å². The third-order valence-electron chi connectivity index (χ3n) is 4.97. The maximum Gasteiger partial charge on any atom is 0.274 e. The van der Waals surface area contributed by atoms with E-state index in [1.165, 1.54) is 28.6 Å². The Morgan fingerprint density at radius 3 is 2.59 bits per heavy atom. The number of carbonyl (C=O) groups is 1. The van der Waals surface area contributed by atoms with Crippen molar-refractivity contribution in [3.8, 4) is 0 Å². The molecule has 1 N–H and O–H groups in total. The molecule has 154 valence electrons. The van der Waals surface area contributed by atoms with E-state index in [0.717, 1.165) is 4.47 Å². The molecule has 1 heterocycles. The molecule has 2 aromatic rings. The maximum atomic E-state index is 12.9. The zero-order valence-electron chi connectivity index (χ0n) is 15.7.